The molecule has 98 valence electrons. The van der Waals surface area contributed by atoms with Gasteiger partial charge in [0.25, 0.3) is 11.5 Å². The first kappa shape index (κ1) is 12.8. The van der Waals surface area contributed by atoms with E-state index in [1.54, 1.807) is 4.90 Å². The molecular weight excluding hydrogens is 232 g/mol. The highest BCUT2D eigenvalue weighted by Crippen LogP contribution is 2.17. The van der Waals surface area contributed by atoms with E-state index in [0.717, 1.165) is 38.7 Å². The predicted molar refractivity (Wildman–Crippen MR) is 67.4 cm³/mol. The SMILES string of the molecule is CNCC1CCN(C(=O)c2c[nH]c(=O)cn2)CC1. The van der Waals surface area contributed by atoms with Crippen LogP contribution in [0.4, 0.5) is 0 Å². The van der Waals surface area contributed by atoms with E-state index in [2.05, 4.69) is 15.3 Å². The van der Waals surface area contributed by atoms with E-state index >= 15 is 0 Å². The Balaban J connectivity index is 1.95. The van der Waals surface area contributed by atoms with E-state index in [0.29, 0.717) is 11.6 Å². The molecule has 6 heteroatoms. The Bertz CT molecular complexity index is 443. The second-order valence-corrected chi connectivity index (χ2v) is 4.59. The molecule has 2 N–H and O–H groups in total. The Morgan fingerprint density at radius 1 is 1.56 bits per heavy atom. The van der Waals surface area contributed by atoms with Gasteiger partial charge < -0.3 is 15.2 Å². The van der Waals surface area contributed by atoms with Gasteiger partial charge in [0.2, 0.25) is 0 Å². The number of aromatic nitrogens is 2. The van der Waals surface area contributed by atoms with Gasteiger partial charge in [-0.1, -0.05) is 0 Å². The standard InChI is InChI=1S/C12H18N4O2/c1-13-6-9-2-4-16(5-3-9)12(18)10-7-15-11(17)8-14-10/h7-9,13H,2-6H2,1H3,(H,15,17). The van der Waals surface area contributed by atoms with Crippen LogP contribution in [-0.2, 0) is 0 Å². The Labute approximate surface area is 105 Å². The van der Waals surface area contributed by atoms with Crippen molar-refractivity contribution in [3.8, 4) is 0 Å². The van der Waals surface area contributed by atoms with Gasteiger partial charge in [-0.3, -0.25) is 9.59 Å². The Kier molecular flexibility index (Phi) is 4.09. The van der Waals surface area contributed by atoms with E-state index in [1.807, 2.05) is 7.05 Å². The number of carbonyl (C=O) groups excluding carboxylic acids is 1. The fourth-order valence-corrected chi connectivity index (χ4v) is 2.25. The van der Waals surface area contributed by atoms with Gasteiger partial charge in [0.15, 0.2) is 0 Å². The number of H-pyrrole nitrogens is 1. The van der Waals surface area contributed by atoms with E-state index in [-0.39, 0.29) is 11.5 Å². The van der Waals surface area contributed by atoms with Crippen molar-refractivity contribution in [1.82, 2.24) is 20.2 Å². The number of nitrogens with zero attached hydrogens (tertiary/aromatic N) is 2. The molecule has 1 aromatic heterocycles. The summed E-state index contributed by atoms with van der Waals surface area (Å²) in [6.45, 7) is 2.51. The largest absolute Gasteiger partial charge is 0.337 e. The third-order valence-electron chi connectivity index (χ3n) is 3.29. The van der Waals surface area contributed by atoms with Crippen molar-refractivity contribution in [2.45, 2.75) is 12.8 Å². The van der Waals surface area contributed by atoms with Crippen molar-refractivity contribution < 1.29 is 4.79 Å². The average molecular weight is 250 g/mol. The second kappa shape index (κ2) is 5.77. The number of hydrogen-bond acceptors (Lipinski definition) is 4. The molecular formula is C12H18N4O2. The molecule has 0 aromatic carbocycles. The summed E-state index contributed by atoms with van der Waals surface area (Å²) >= 11 is 0. The third kappa shape index (κ3) is 2.95. The lowest BCUT2D eigenvalue weighted by Gasteiger charge is -2.31. The molecule has 0 bridgehead atoms. The van der Waals surface area contributed by atoms with Crippen molar-refractivity contribution >= 4 is 5.91 Å². The molecule has 6 nitrogen and oxygen atoms in total. The first-order chi connectivity index (χ1) is 8.70. The quantitative estimate of drug-likeness (QED) is 0.781. The van der Waals surface area contributed by atoms with Crippen LogP contribution in [0.5, 0.6) is 0 Å². The van der Waals surface area contributed by atoms with Crippen LogP contribution in [0.25, 0.3) is 0 Å². The van der Waals surface area contributed by atoms with Crippen LogP contribution in [0.2, 0.25) is 0 Å². The number of carbonyl (C=O) groups is 1. The van der Waals surface area contributed by atoms with Crippen LogP contribution in [0.1, 0.15) is 23.3 Å². The van der Waals surface area contributed by atoms with Crippen molar-refractivity contribution in [3.63, 3.8) is 0 Å². The summed E-state index contributed by atoms with van der Waals surface area (Å²) in [4.78, 5) is 31.1. The van der Waals surface area contributed by atoms with Crippen molar-refractivity contribution in [3.05, 3.63) is 28.4 Å². The van der Waals surface area contributed by atoms with Crippen molar-refractivity contribution in [1.29, 1.82) is 0 Å². The topological polar surface area (TPSA) is 78.1 Å². The van der Waals surface area contributed by atoms with E-state index in [9.17, 15) is 9.59 Å². The van der Waals surface area contributed by atoms with Crippen LogP contribution in [0, 0.1) is 5.92 Å². The van der Waals surface area contributed by atoms with E-state index in [1.165, 1.54) is 6.20 Å². The molecule has 1 saturated heterocycles. The van der Waals surface area contributed by atoms with Crippen LogP contribution in [0.15, 0.2) is 17.2 Å². The highest BCUT2D eigenvalue weighted by Gasteiger charge is 2.23. The summed E-state index contributed by atoms with van der Waals surface area (Å²) in [5.74, 6) is 0.539. The van der Waals surface area contributed by atoms with Gasteiger partial charge in [-0.05, 0) is 32.4 Å². The average Bonchev–Trinajstić information content (AvgIpc) is 2.40. The minimum absolute atomic E-state index is 0.103. The first-order valence-corrected chi connectivity index (χ1v) is 6.19. The van der Waals surface area contributed by atoms with E-state index in [4.69, 9.17) is 0 Å². The molecule has 0 radical (unpaired) electrons. The summed E-state index contributed by atoms with van der Waals surface area (Å²) in [7, 11) is 1.95. The molecule has 1 fully saturated rings. The molecule has 2 heterocycles. The number of hydrogen-bond donors (Lipinski definition) is 2. The molecule has 0 unspecified atom stereocenters. The molecule has 1 aliphatic rings. The lowest BCUT2D eigenvalue weighted by atomic mass is 9.97. The maximum Gasteiger partial charge on any atom is 0.273 e. The van der Waals surface area contributed by atoms with Crippen molar-refractivity contribution in [2.75, 3.05) is 26.7 Å². The summed E-state index contributed by atoms with van der Waals surface area (Å²) in [6, 6.07) is 0. The second-order valence-electron chi connectivity index (χ2n) is 4.59. The number of rotatable bonds is 3. The lowest BCUT2D eigenvalue weighted by Crippen LogP contribution is -2.40. The molecule has 18 heavy (non-hydrogen) atoms. The number of amides is 1. The van der Waals surface area contributed by atoms with Gasteiger partial charge in [-0.2, -0.15) is 0 Å². The molecule has 0 atom stereocenters. The first-order valence-electron chi connectivity index (χ1n) is 6.19. The van der Waals surface area contributed by atoms with Crippen LogP contribution < -0.4 is 10.9 Å². The Hall–Kier alpha value is -1.69. The molecule has 0 spiro atoms. The highest BCUT2D eigenvalue weighted by molar-refractivity contribution is 5.91. The van der Waals surface area contributed by atoms with Gasteiger partial charge in [0.1, 0.15) is 5.69 Å². The zero-order valence-corrected chi connectivity index (χ0v) is 10.5. The lowest BCUT2D eigenvalue weighted by molar-refractivity contribution is 0.0684. The Morgan fingerprint density at radius 3 is 2.83 bits per heavy atom. The van der Waals surface area contributed by atoms with Gasteiger partial charge in [0.05, 0.1) is 6.20 Å². The van der Waals surface area contributed by atoms with Crippen LogP contribution >= 0.6 is 0 Å². The summed E-state index contributed by atoms with van der Waals surface area (Å²) < 4.78 is 0. The minimum atomic E-state index is -0.292. The summed E-state index contributed by atoms with van der Waals surface area (Å²) in [5.41, 5.74) is 0.0148. The molecule has 2 rings (SSSR count). The van der Waals surface area contributed by atoms with Gasteiger partial charge in [-0.25, -0.2) is 4.98 Å². The normalized spacial score (nSPS) is 16.8. The van der Waals surface area contributed by atoms with Crippen LogP contribution in [-0.4, -0.2) is 47.5 Å². The minimum Gasteiger partial charge on any atom is -0.337 e. The fourth-order valence-electron chi connectivity index (χ4n) is 2.25. The summed E-state index contributed by atoms with van der Waals surface area (Å²) in [5, 5.41) is 3.16. The maximum atomic E-state index is 12.1. The number of likely N-dealkylation sites (tertiary alicyclic amines) is 1. The molecule has 0 saturated carbocycles. The van der Waals surface area contributed by atoms with Crippen LogP contribution in [0.3, 0.4) is 0 Å². The molecule has 1 aliphatic heterocycles. The molecule has 1 aromatic rings. The number of aromatic amines is 1. The number of piperidine rings is 1. The van der Waals surface area contributed by atoms with E-state index < -0.39 is 0 Å². The highest BCUT2D eigenvalue weighted by atomic mass is 16.2. The zero-order chi connectivity index (χ0) is 13.0. The van der Waals surface area contributed by atoms with Gasteiger partial charge in [0, 0.05) is 19.3 Å². The molecule has 0 aliphatic carbocycles. The third-order valence-corrected chi connectivity index (χ3v) is 3.29. The van der Waals surface area contributed by atoms with Crippen molar-refractivity contribution in [2.24, 2.45) is 5.92 Å². The maximum absolute atomic E-state index is 12.1. The van der Waals surface area contributed by atoms with Gasteiger partial charge in [-0.15, -0.1) is 0 Å². The van der Waals surface area contributed by atoms with Gasteiger partial charge >= 0.3 is 0 Å². The number of nitrogens with one attached hydrogen (secondary N) is 2. The summed E-state index contributed by atoms with van der Waals surface area (Å²) in [6.07, 6.45) is 4.54. The monoisotopic (exact) mass is 250 g/mol. The zero-order valence-electron chi connectivity index (χ0n) is 10.5. The predicted octanol–water partition coefficient (Wildman–Crippen LogP) is -0.158. The molecule has 1 amide bonds. The smallest absolute Gasteiger partial charge is 0.273 e. The Morgan fingerprint density at radius 2 is 2.28 bits per heavy atom. The fraction of sp³-hybridized carbons (Fsp3) is 0.583.